The Morgan fingerprint density at radius 3 is 2.75 bits per heavy atom. The number of ether oxygens (including phenoxy) is 2. The van der Waals surface area contributed by atoms with Crippen LogP contribution in [-0.2, 0) is 9.47 Å². The van der Waals surface area contributed by atoms with Crippen molar-refractivity contribution in [1.82, 2.24) is 0 Å². The Morgan fingerprint density at radius 1 is 1.42 bits per heavy atom. The normalized spacial score (nSPS) is 36.5. The Balaban J connectivity index is 2.21. The Bertz CT molecular complexity index is 217. The fraction of sp³-hybridized carbons (Fsp3) is 0.778. The first-order valence-corrected chi connectivity index (χ1v) is 5.11. The van der Waals surface area contributed by atoms with Crippen LogP contribution >= 0.6 is 15.9 Å². The summed E-state index contributed by atoms with van der Waals surface area (Å²) >= 11 is 3.60. The van der Waals surface area contributed by atoms with Crippen LogP contribution in [0.15, 0.2) is 10.1 Å². The molecule has 1 aliphatic carbocycles. The van der Waals surface area contributed by atoms with Crippen molar-refractivity contribution in [3.63, 3.8) is 0 Å². The first kappa shape index (κ1) is 8.73. The maximum atomic E-state index is 5.78. The van der Waals surface area contributed by atoms with Gasteiger partial charge < -0.3 is 9.47 Å². The zero-order valence-corrected chi connectivity index (χ0v) is 8.82. The van der Waals surface area contributed by atoms with Gasteiger partial charge in [-0.1, -0.05) is 21.5 Å². The van der Waals surface area contributed by atoms with Gasteiger partial charge >= 0.3 is 0 Å². The van der Waals surface area contributed by atoms with Crippen molar-refractivity contribution in [1.29, 1.82) is 0 Å². The van der Waals surface area contributed by atoms with Crippen LogP contribution in [0.1, 0.15) is 19.8 Å². The molecule has 0 aromatic heterocycles. The molecule has 3 heteroatoms. The van der Waals surface area contributed by atoms with Crippen LogP contribution in [0.4, 0.5) is 0 Å². The molecule has 2 rings (SSSR count). The molecule has 0 aromatic rings. The third-order valence-electron chi connectivity index (χ3n) is 2.62. The molecule has 1 spiro atoms. The van der Waals surface area contributed by atoms with Gasteiger partial charge in [0.05, 0.1) is 19.8 Å². The van der Waals surface area contributed by atoms with Crippen molar-refractivity contribution in [2.75, 3.05) is 19.8 Å². The molecule has 1 fully saturated rings. The highest BCUT2D eigenvalue weighted by Crippen LogP contribution is 2.43. The average Bonchev–Trinajstić information content (AvgIpc) is 2.37. The Labute approximate surface area is 81.1 Å². The maximum Gasteiger partial charge on any atom is 0.123 e. The van der Waals surface area contributed by atoms with E-state index in [1.54, 1.807) is 0 Å². The molecule has 2 aliphatic rings. The van der Waals surface area contributed by atoms with E-state index in [-0.39, 0.29) is 5.60 Å². The lowest BCUT2D eigenvalue weighted by atomic mass is 10.0. The summed E-state index contributed by atoms with van der Waals surface area (Å²) in [5, 5.41) is 0. The van der Waals surface area contributed by atoms with Crippen molar-refractivity contribution < 1.29 is 9.47 Å². The standard InChI is InChI=1S/C9H13BrO2/c1-7-2-3-9(8(7)10)6-11-4-5-12-9/h2-6H2,1H3. The second-order valence-electron chi connectivity index (χ2n) is 3.49. The van der Waals surface area contributed by atoms with E-state index in [0.29, 0.717) is 6.61 Å². The van der Waals surface area contributed by atoms with Crippen LogP contribution in [0.25, 0.3) is 0 Å². The third-order valence-corrected chi connectivity index (χ3v) is 4.02. The summed E-state index contributed by atoms with van der Waals surface area (Å²) in [7, 11) is 0. The zero-order chi connectivity index (χ0) is 8.60. The number of allylic oxidation sites excluding steroid dienone is 1. The number of hydrogen-bond acceptors (Lipinski definition) is 2. The molecule has 1 aliphatic heterocycles. The maximum absolute atomic E-state index is 5.78. The van der Waals surface area contributed by atoms with E-state index in [4.69, 9.17) is 9.47 Å². The van der Waals surface area contributed by atoms with E-state index in [1.165, 1.54) is 10.1 Å². The summed E-state index contributed by atoms with van der Waals surface area (Å²) in [6.45, 7) is 4.32. The van der Waals surface area contributed by atoms with E-state index < -0.39 is 0 Å². The SMILES string of the molecule is CC1=C(Br)C2(CC1)COCCO2. The smallest absolute Gasteiger partial charge is 0.123 e. The molecular formula is C9H13BrO2. The monoisotopic (exact) mass is 232 g/mol. The quantitative estimate of drug-likeness (QED) is 0.638. The highest BCUT2D eigenvalue weighted by Gasteiger charge is 2.41. The van der Waals surface area contributed by atoms with Gasteiger partial charge in [-0.25, -0.2) is 0 Å². The summed E-state index contributed by atoms with van der Waals surface area (Å²) < 4.78 is 12.4. The molecule has 0 aromatic carbocycles. The van der Waals surface area contributed by atoms with E-state index >= 15 is 0 Å². The van der Waals surface area contributed by atoms with Crippen LogP contribution in [0.5, 0.6) is 0 Å². The Hall–Kier alpha value is 0.140. The summed E-state index contributed by atoms with van der Waals surface area (Å²) in [5.41, 5.74) is 1.28. The van der Waals surface area contributed by atoms with Gasteiger partial charge in [0.1, 0.15) is 5.60 Å². The zero-order valence-electron chi connectivity index (χ0n) is 7.23. The van der Waals surface area contributed by atoms with Gasteiger partial charge in [0.15, 0.2) is 0 Å². The van der Waals surface area contributed by atoms with Gasteiger partial charge in [-0.3, -0.25) is 0 Å². The topological polar surface area (TPSA) is 18.5 Å². The molecule has 1 heterocycles. The van der Waals surface area contributed by atoms with Crippen LogP contribution in [0.2, 0.25) is 0 Å². The minimum absolute atomic E-state index is 0.123. The molecular weight excluding hydrogens is 220 g/mol. The Morgan fingerprint density at radius 2 is 2.25 bits per heavy atom. The first-order valence-electron chi connectivity index (χ1n) is 4.32. The van der Waals surface area contributed by atoms with E-state index in [1.807, 2.05) is 0 Å². The molecule has 2 nitrogen and oxygen atoms in total. The fourth-order valence-electron chi connectivity index (χ4n) is 1.84. The highest BCUT2D eigenvalue weighted by molar-refractivity contribution is 9.11. The van der Waals surface area contributed by atoms with Gasteiger partial charge in [-0.05, 0) is 19.8 Å². The van der Waals surface area contributed by atoms with Crippen molar-refractivity contribution in [2.45, 2.75) is 25.4 Å². The van der Waals surface area contributed by atoms with Crippen LogP contribution in [0.3, 0.4) is 0 Å². The number of halogens is 1. The van der Waals surface area contributed by atoms with Crippen LogP contribution < -0.4 is 0 Å². The van der Waals surface area contributed by atoms with Gasteiger partial charge in [0.25, 0.3) is 0 Å². The van der Waals surface area contributed by atoms with E-state index in [9.17, 15) is 0 Å². The van der Waals surface area contributed by atoms with Crippen molar-refractivity contribution in [3.05, 3.63) is 10.1 Å². The molecule has 1 saturated heterocycles. The van der Waals surface area contributed by atoms with Crippen molar-refractivity contribution in [2.24, 2.45) is 0 Å². The van der Waals surface area contributed by atoms with Gasteiger partial charge in [-0.15, -0.1) is 0 Å². The molecule has 12 heavy (non-hydrogen) atoms. The van der Waals surface area contributed by atoms with Gasteiger partial charge in [0, 0.05) is 4.48 Å². The van der Waals surface area contributed by atoms with E-state index in [2.05, 4.69) is 22.9 Å². The highest BCUT2D eigenvalue weighted by atomic mass is 79.9. The largest absolute Gasteiger partial charge is 0.376 e. The number of hydrogen-bond donors (Lipinski definition) is 0. The van der Waals surface area contributed by atoms with E-state index in [0.717, 1.165) is 26.1 Å². The second-order valence-corrected chi connectivity index (χ2v) is 4.28. The summed E-state index contributed by atoms with van der Waals surface area (Å²) in [5.74, 6) is 0. The fourth-order valence-corrected chi connectivity index (χ4v) is 2.47. The van der Waals surface area contributed by atoms with Crippen LogP contribution in [-0.4, -0.2) is 25.4 Å². The lowest BCUT2D eigenvalue weighted by Crippen LogP contribution is -2.41. The minimum atomic E-state index is -0.123. The van der Waals surface area contributed by atoms with Crippen LogP contribution in [0, 0.1) is 0 Å². The summed E-state index contributed by atoms with van der Waals surface area (Å²) in [4.78, 5) is 0. The molecule has 0 saturated carbocycles. The molecule has 0 N–H and O–H groups in total. The predicted molar refractivity (Wildman–Crippen MR) is 50.4 cm³/mol. The molecule has 68 valence electrons. The minimum Gasteiger partial charge on any atom is -0.376 e. The molecule has 1 atom stereocenters. The molecule has 0 bridgehead atoms. The predicted octanol–water partition coefficient (Wildman–Crippen LogP) is 2.23. The van der Waals surface area contributed by atoms with Gasteiger partial charge in [-0.2, -0.15) is 0 Å². The van der Waals surface area contributed by atoms with Crippen molar-refractivity contribution >= 4 is 15.9 Å². The molecule has 1 unspecified atom stereocenters. The third kappa shape index (κ3) is 1.24. The molecule has 0 amide bonds. The number of rotatable bonds is 0. The summed E-state index contributed by atoms with van der Waals surface area (Å²) in [6.07, 6.45) is 2.20. The second kappa shape index (κ2) is 3.13. The van der Waals surface area contributed by atoms with Gasteiger partial charge in [0.2, 0.25) is 0 Å². The summed E-state index contributed by atoms with van der Waals surface area (Å²) in [6, 6.07) is 0. The lowest BCUT2D eigenvalue weighted by molar-refractivity contribution is -0.132. The first-order chi connectivity index (χ1) is 5.75. The average molecular weight is 233 g/mol. The lowest BCUT2D eigenvalue weighted by Gasteiger charge is -2.34. The molecule has 0 radical (unpaired) electrons. The van der Waals surface area contributed by atoms with Crippen molar-refractivity contribution in [3.8, 4) is 0 Å². The Kier molecular flexibility index (Phi) is 2.27.